The number of hydrogen-bond donors (Lipinski definition) is 1. The largest absolute Gasteiger partial charge is 0.368 e. The smallest absolute Gasteiger partial charge is 0.230 e. The van der Waals surface area contributed by atoms with E-state index in [1.54, 1.807) is 0 Å². The molecule has 3 rings (SSSR count). The zero-order valence-corrected chi connectivity index (χ0v) is 15.2. The first kappa shape index (κ1) is 20.1. The number of halogens is 2. The van der Waals surface area contributed by atoms with E-state index in [2.05, 4.69) is 24.0 Å². The summed E-state index contributed by atoms with van der Waals surface area (Å²) in [6, 6.07) is 8.26. The van der Waals surface area contributed by atoms with E-state index < -0.39 is 0 Å². The van der Waals surface area contributed by atoms with Crippen molar-refractivity contribution in [2.75, 3.05) is 36.0 Å². The Balaban J connectivity index is 0.00000132. The standard InChI is InChI=1S/C17H25N3O.2ClH/c1-2-19-10-11-20(16-9-4-3-8-15(16)19)17(21)14-7-5-6-13(14)12-18;;/h3-4,8-9,13-14H,2,5-7,10-12,18H2,1H3;2*1H/t13-,14-;;/m1../s1. The molecule has 2 atom stereocenters. The molecule has 0 bridgehead atoms. The highest BCUT2D eigenvalue weighted by Gasteiger charge is 2.37. The molecule has 23 heavy (non-hydrogen) atoms. The van der Waals surface area contributed by atoms with E-state index in [0.29, 0.717) is 12.5 Å². The van der Waals surface area contributed by atoms with Crippen LogP contribution in [0, 0.1) is 11.8 Å². The lowest BCUT2D eigenvalue weighted by molar-refractivity contribution is -0.123. The summed E-state index contributed by atoms with van der Waals surface area (Å²) >= 11 is 0. The van der Waals surface area contributed by atoms with Gasteiger partial charge >= 0.3 is 0 Å². The highest BCUT2D eigenvalue weighted by atomic mass is 35.5. The molecule has 4 nitrogen and oxygen atoms in total. The Morgan fingerprint density at radius 1 is 1.17 bits per heavy atom. The van der Waals surface area contributed by atoms with Crippen LogP contribution in [0.25, 0.3) is 0 Å². The number of hydrogen-bond acceptors (Lipinski definition) is 3. The van der Waals surface area contributed by atoms with Crippen molar-refractivity contribution in [3.63, 3.8) is 0 Å². The molecule has 6 heteroatoms. The number of carbonyl (C=O) groups excluding carboxylic acids is 1. The zero-order valence-electron chi connectivity index (χ0n) is 13.6. The number of rotatable bonds is 3. The van der Waals surface area contributed by atoms with Gasteiger partial charge in [-0.1, -0.05) is 18.6 Å². The second-order valence-electron chi connectivity index (χ2n) is 6.09. The fraction of sp³-hybridized carbons (Fsp3) is 0.588. The fourth-order valence-electron chi connectivity index (χ4n) is 3.82. The van der Waals surface area contributed by atoms with Crippen LogP contribution in [-0.2, 0) is 4.79 Å². The maximum absolute atomic E-state index is 13.0. The summed E-state index contributed by atoms with van der Waals surface area (Å²) in [4.78, 5) is 17.3. The number of nitrogens with two attached hydrogens (primary N) is 1. The molecule has 1 heterocycles. The average Bonchev–Trinajstić information content (AvgIpc) is 3.01. The topological polar surface area (TPSA) is 49.6 Å². The summed E-state index contributed by atoms with van der Waals surface area (Å²) in [5.74, 6) is 0.774. The minimum Gasteiger partial charge on any atom is -0.368 e. The monoisotopic (exact) mass is 359 g/mol. The van der Waals surface area contributed by atoms with Crippen LogP contribution in [0.2, 0.25) is 0 Å². The molecule has 1 aromatic carbocycles. The molecule has 1 aliphatic carbocycles. The highest BCUT2D eigenvalue weighted by molar-refractivity contribution is 5.99. The summed E-state index contributed by atoms with van der Waals surface area (Å²) in [7, 11) is 0. The molecule has 0 unspecified atom stereocenters. The predicted octanol–water partition coefficient (Wildman–Crippen LogP) is 3.08. The van der Waals surface area contributed by atoms with Gasteiger partial charge in [0.25, 0.3) is 0 Å². The van der Waals surface area contributed by atoms with Gasteiger partial charge in [0, 0.05) is 25.6 Å². The molecule has 130 valence electrons. The van der Waals surface area contributed by atoms with E-state index in [4.69, 9.17) is 5.73 Å². The van der Waals surface area contributed by atoms with Crippen molar-refractivity contribution in [3.05, 3.63) is 24.3 Å². The Kier molecular flexibility index (Phi) is 7.65. The van der Waals surface area contributed by atoms with Crippen molar-refractivity contribution in [3.8, 4) is 0 Å². The molecule has 1 aliphatic heterocycles. The number of amides is 1. The summed E-state index contributed by atoms with van der Waals surface area (Å²) < 4.78 is 0. The number of likely N-dealkylation sites (N-methyl/N-ethyl adjacent to an activating group) is 1. The SMILES string of the molecule is CCN1CCN(C(=O)[C@@H]2CCC[C@@H]2CN)c2ccccc21.Cl.Cl. The Morgan fingerprint density at radius 3 is 2.52 bits per heavy atom. The van der Waals surface area contributed by atoms with Crippen LogP contribution >= 0.6 is 24.8 Å². The molecular formula is C17H27Cl2N3O. The van der Waals surface area contributed by atoms with E-state index >= 15 is 0 Å². The third-order valence-electron chi connectivity index (χ3n) is 5.03. The first-order valence-corrected chi connectivity index (χ1v) is 8.11. The molecule has 0 aromatic heterocycles. The highest BCUT2D eigenvalue weighted by Crippen LogP contribution is 2.37. The molecule has 0 saturated heterocycles. The lowest BCUT2D eigenvalue weighted by atomic mass is 9.94. The summed E-state index contributed by atoms with van der Waals surface area (Å²) in [5, 5.41) is 0. The van der Waals surface area contributed by atoms with Crippen LogP contribution in [0.15, 0.2) is 24.3 Å². The Labute approximate surface area is 151 Å². The van der Waals surface area contributed by atoms with Gasteiger partial charge in [0.15, 0.2) is 0 Å². The third kappa shape index (κ3) is 3.76. The quantitative estimate of drug-likeness (QED) is 0.901. The van der Waals surface area contributed by atoms with Crippen molar-refractivity contribution in [2.45, 2.75) is 26.2 Å². The molecule has 2 aliphatic rings. The zero-order chi connectivity index (χ0) is 14.8. The maximum Gasteiger partial charge on any atom is 0.230 e. The van der Waals surface area contributed by atoms with Crippen LogP contribution in [0.1, 0.15) is 26.2 Å². The van der Waals surface area contributed by atoms with E-state index in [0.717, 1.165) is 44.6 Å². The molecule has 1 aromatic rings. The van der Waals surface area contributed by atoms with Gasteiger partial charge in [-0.3, -0.25) is 4.79 Å². The number of carbonyl (C=O) groups is 1. The molecule has 1 saturated carbocycles. The maximum atomic E-state index is 13.0. The second-order valence-corrected chi connectivity index (χ2v) is 6.09. The normalized spacial score (nSPS) is 22.9. The van der Waals surface area contributed by atoms with Crippen LogP contribution in [0.5, 0.6) is 0 Å². The van der Waals surface area contributed by atoms with Crippen molar-refractivity contribution in [2.24, 2.45) is 17.6 Å². The minimum atomic E-state index is 0. The molecule has 0 spiro atoms. The summed E-state index contributed by atoms with van der Waals surface area (Å²) in [6.07, 6.45) is 3.23. The molecule has 2 N–H and O–H groups in total. The summed E-state index contributed by atoms with van der Waals surface area (Å²) in [5.41, 5.74) is 8.10. The van der Waals surface area contributed by atoms with Crippen molar-refractivity contribution in [1.82, 2.24) is 0 Å². The number of para-hydroxylation sites is 2. The molecule has 1 fully saturated rings. The Bertz CT molecular complexity index is 526. The first-order chi connectivity index (χ1) is 10.3. The molecule has 0 radical (unpaired) electrons. The van der Waals surface area contributed by atoms with Gasteiger partial charge in [-0.2, -0.15) is 0 Å². The van der Waals surface area contributed by atoms with Gasteiger partial charge < -0.3 is 15.5 Å². The van der Waals surface area contributed by atoms with Crippen molar-refractivity contribution < 1.29 is 4.79 Å². The van der Waals surface area contributed by atoms with Gasteiger partial charge in [-0.05, 0) is 44.4 Å². The van der Waals surface area contributed by atoms with Gasteiger partial charge in [0.05, 0.1) is 11.4 Å². The van der Waals surface area contributed by atoms with Crippen LogP contribution in [0.3, 0.4) is 0 Å². The lowest BCUT2D eigenvalue weighted by Crippen LogP contribution is -2.47. The average molecular weight is 360 g/mol. The number of nitrogens with zero attached hydrogens (tertiary/aromatic N) is 2. The van der Waals surface area contributed by atoms with Gasteiger partial charge in [-0.15, -0.1) is 24.8 Å². The first-order valence-electron chi connectivity index (χ1n) is 8.11. The predicted molar refractivity (Wildman–Crippen MR) is 101 cm³/mol. The van der Waals surface area contributed by atoms with Crippen molar-refractivity contribution in [1.29, 1.82) is 0 Å². The van der Waals surface area contributed by atoms with E-state index in [1.807, 2.05) is 17.0 Å². The lowest BCUT2D eigenvalue weighted by Gasteiger charge is -2.38. The second kappa shape index (κ2) is 8.76. The number of fused-ring (bicyclic) bond motifs is 1. The van der Waals surface area contributed by atoms with Crippen LogP contribution in [0.4, 0.5) is 11.4 Å². The van der Waals surface area contributed by atoms with Crippen molar-refractivity contribution >= 4 is 42.1 Å². The fourth-order valence-corrected chi connectivity index (χ4v) is 3.82. The van der Waals surface area contributed by atoms with E-state index in [-0.39, 0.29) is 36.6 Å². The van der Waals surface area contributed by atoms with Gasteiger partial charge in [0.2, 0.25) is 5.91 Å². The Morgan fingerprint density at radius 2 is 1.87 bits per heavy atom. The minimum absolute atomic E-state index is 0. The molecule has 1 amide bonds. The van der Waals surface area contributed by atoms with E-state index in [9.17, 15) is 4.79 Å². The third-order valence-corrected chi connectivity index (χ3v) is 5.03. The van der Waals surface area contributed by atoms with Crippen LogP contribution < -0.4 is 15.5 Å². The number of benzene rings is 1. The Hall–Kier alpha value is -0.970. The van der Waals surface area contributed by atoms with Crippen LogP contribution in [-0.4, -0.2) is 32.1 Å². The molecular weight excluding hydrogens is 333 g/mol. The van der Waals surface area contributed by atoms with E-state index in [1.165, 1.54) is 5.69 Å². The summed E-state index contributed by atoms with van der Waals surface area (Å²) in [6.45, 7) is 5.48. The van der Waals surface area contributed by atoms with Gasteiger partial charge in [-0.25, -0.2) is 0 Å². The number of anilines is 2. The van der Waals surface area contributed by atoms with Gasteiger partial charge in [0.1, 0.15) is 0 Å².